The zero-order valence-corrected chi connectivity index (χ0v) is 12.5. The Bertz CT molecular complexity index is 491. The fourth-order valence-electron chi connectivity index (χ4n) is 3.80. The van der Waals surface area contributed by atoms with Gasteiger partial charge in [-0.25, -0.2) is 0 Å². The molecule has 21 heavy (non-hydrogen) atoms. The molecule has 2 aliphatic rings. The summed E-state index contributed by atoms with van der Waals surface area (Å²) in [6, 6.07) is 10.6. The molecule has 4 atom stereocenters. The summed E-state index contributed by atoms with van der Waals surface area (Å²) in [5, 5.41) is 14.1. The molecule has 4 nitrogen and oxygen atoms in total. The number of carbonyl (C=O) groups excluding carboxylic acids is 1. The van der Waals surface area contributed by atoms with Gasteiger partial charge in [-0.15, -0.1) is 0 Å². The maximum Gasteiger partial charge on any atom is 0.222 e. The molecule has 0 radical (unpaired) electrons. The van der Waals surface area contributed by atoms with Crippen molar-refractivity contribution < 1.29 is 9.90 Å². The Morgan fingerprint density at radius 1 is 1.33 bits per heavy atom. The summed E-state index contributed by atoms with van der Waals surface area (Å²) in [6.45, 7) is 2.66. The van der Waals surface area contributed by atoms with Gasteiger partial charge in [0.15, 0.2) is 0 Å². The number of hydrogen-bond acceptors (Lipinski definition) is 3. The Morgan fingerprint density at radius 3 is 2.81 bits per heavy atom. The van der Waals surface area contributed by atoms with Gasteiger partial charge >= 0.3 is 0 Å². The number of aliphatic hydroxyl groups excluding tert-OH is 1. The van der Waals surface area contributed by atoms with Crippen molar-refractivity contribution in [2.75, 3.05) is 0 Å². The Labute approximate surface area is 126 Å². The summed E-state index contributed by atoms with van der Waals surface area (Å²) in [5.41, 5.74) is 1.23. The molecule has 2 saturated heterocycles. The first-order valence-corrected chi connectivity index (χ1v) is 7.97. The Kier molecular flexibility index (Phi) is 4.27. The van der Waals surface area contributed by atoms with Crippen LogP contribution in [0.1, 0.15) is 38.2 Å². The second-order valence-corrected chi connectivity index (χ2v) is 6.15. The van der Waals surface area contributed by atoms with Gasteiger partial charge in [0.25, 0.3) is 0 Å². The number of rotatable bonds is 4. The SMILES string of the molecule is CCC(=O)N1C2CCC1C(O)C(NCc1ccccc1)C2. The molecule has 1 aromatic carbocycles. The molecular weight excluding hydrogens is 264 g/mol. The molecule has 1 aromatic rings. The molecule has 0 aromatic heterocycles. The molecule has 2 aliphatic heterocycles. The second kappa shape index (κ2) is 6.16. The molecule has 2 fully saturated rings. The number of amides is 1. The molecule has 4 heteroatoms. The van der Waals surface area contributed by atoms with Crippen molar-refractivity contribution in [3.05, 3.63) is 35.9 Å². The molecule has 2 heterocycles. The lowest BCUT2D eigenvalue weighted by Crippen LogP contribution is -2.59. The average Bonchev–Trinajstić information content (AvgIpc) is 2.87. The van der Waals surface area contributed by atoms with Crippen molar-refractivity contribution in [2.24, 2.45) is 0 Å². The molecule has 114 valence electrons. The largest absolute Gasteiger partial charge is 0.389 e. The minimum Gasteiger partial charge on any atom is -0.389 e. The molecule has 2 bridgehead atoms. The normalized spacial score (nSPS) is 31.4. The smallest absolute Gasteiger partial charge is 0.222 e. The molecule has 0 saturated carbocycles. The number of benzene rings is 1. The van der Waals surface area contributed by atoms with E-state index in [4.69, 9.17) is 0 Å². The van der Waals surface area contributed by atoms with E-state index < -0.39 is 6.10 Å². The molecule has 2 N–H and O–H groups in total. The van der Waals surface area contributed by atoms with Gasteiger partial charge in [-0.3, -0.25) is 4.79 Å². The van der Waals surface area contributed by atoms with Crippen molar-refractivity contribution in [3.63, 3.8) is 0 Å². The van der Waals surface area contributed by atoms with Gasteiger partial charge in [0.2, 0.25) is 5.91 Å². The highest BCUT2D eigenvalue weighted by atomic mass is 16.3. The summed E-state index contributed by atoms with van der Waals surface area (Å²) in [7, 11) is 0. The fourth-order valence-corrected chi connectivity index (χ4v) is 3.80. The molecule has 0 spiro atoms. The number of fused-ring (bicyclic) bond motifs is 2. The van der Waals surface area contributed by atoms with E-state index in [0.717, 1.165) is 25.8 Å². The lowest BCUT2D eigenvalue weighted by atomic mass is 9.93. The average molecular weight is 288 g/mol. The monoisotopic (exact) mass is 288 g/mol. The molecule has 4 unspecified atom stereocenters. The molecule has 3 rings (SSSR count). The lowest BCUT2D eigenvalue weighted by molar-refractivity contribution is -0.140. The predicted molar refractivity (Wildman–Crippen MR) is 81.6 cm³/mol. The van der Waals surface area contributed by atoms with E-state index in [1.807, 2.05) is 30.0 Å². The number of nitrogens with zero attached hydrogens (tertiary/aromatic N) is 1. The van der Waals surface area contributed by atoms with Gasteiger partial charge < -0.3 is 15.3 Å². The van der Waals surface area contributed by atoms with E-state index >= 15 is 0 Å². The second-order valence-electron chi connectivity index (χ2n) is 6.15. The third-order valence-electron chi connectivity index (χ3n) is 4.88. The first-order chi connectivity index (χ1) is 10.2. The van der Waals surface area contributed by atoms with Gasteiger partial charge in [0, 0.05) is 25.0 Å². The zero-order valence-electron chi connectivity index (χ0n) is 12.5. The Balaban J connectivity index is 1.64. The van der Waals surface area contributed by atoms with E-state index in [9.17, 15) is 9.90 Å². The Morgan fingerprint density at radius 2 is 2.10 bits per heavy atom. The predicted octanol–water partition coefficient (Wildman–Crippen LogP) is 1.68. The molecule has 1 amide bonds. The highest BCUT2D eigenvalue weighted by Gasteiger charge is 2.47. The van der Waals surface area contributed by atoms with Crippen LogP contribution in [0.25, 0.3) is 0 Å². The number of piperidine rings is 1. The van der Waals surface area contributed by atoms with Crippen molar-refractivity contribution >= 4 is 5.91 Å². The standard InChI is InChI=1S/C17H24N2O2/c1-2-16(20)19-13-8-9-15(19)17(21)14(10-13)18-11-12-6-4-3-5-7-12/h3-7,13-15,17-18,21H,2,8-11H2,1H3. The van der Waals surface area contributed by atoms with E-state index in [0.29, 0.717) is 12.5 Å². The van der Waals surface area contributed by atoms with E-state index in [1.54, 1.807) is 0 Å². The maximum absolute atomic E-state index is 12.1. The van der Waals surface area contributed by atoms with Crippen LogP contribution in [-0.2, 0) is 11.3 Å². The van der Waals surface area contributed by atoms with Crippen molar-refractivity contribution in [3.8, 4) is 0 Å². The highest BCUT2D eigenvalue weighted by Crippen LogP contribution is 2.36. The van der Waals surface area contributed by atoms with Crippen LogP contribution < -0.4 is 5.32 Å². The maximum atomic E-state index is 12.1. The van der Waals surface area contributed by atoms with Crippen molar-refractivity contribution in [2.45, 2.75) is 63.4 Å². The van der Waals surface area contributed by atoms with Crippen LogP contribution in [-0.4, -0.2) is 40.1 Å². The van der Waals surface area contributed by atoms with Gasteiger partial charge in [0.05, 0.1) is 12.1 Å². The first kappa shape index (κ1) is 14.5. The van der Waals surface area contributed by atoms with E-state index in [2.05, 4.69) is 17.4 Å². The first-order valence-electron chi connectivity index (χ1n) is 7.97. The Hall–Kier alpha value is -1.39. The van der Waals surface area contributed by atoms with E-state index in [1.165, 1.54) is 5.56 Å². The summed E-state index contributed by atoms with van der Waals surface area (Å²) < 4.78 is 0. The van der Waals surface area contributed by atoms with Crippen LogP contribution in [0.15, 0.2) is 30.3 Å². The van der Waals surface area contributed by atoms with E-state index in [-0.39, 0.29) is 18.0 Å². The minimum atomic E-state index is -0.456. The lowest BCUT2D eigenvalue weighted by Gasteiger charge is -2.42. The summed E-state index contributed by atoms with van der Waals surface area (Å²) in [5.74, 6) is 0.183. The van der Waals surface area contributed by atoms with Gasteiger partial charge in [-0.2, -0.15) is 0 Å². The quantitative estimate of drug-likeness (QED) is 0.886. The number of nitrogens with one attached hydrogen (secondary N) is 1. The summed E-state index contributed by atoms with van der Waals surface area (Å²) in [4.78, 5) is 14.0. The van der Waals surface area contributed by atoms with Gasteiger partial charge in [-0.05, 0) is 24.8 Å². The molecule has 0 aliphatic carbocycles. The van der Waals surface area contributed by atoms with Crippen LogP contribution in [0, 0.1) is 0 Å². The highest BCUT2D eigenvalue weighted by molar-refractivity contribution is 5.77. The van der Waals surface area contributed by atoms with Crippen molar-refractivity contribution in [1.29, 1.82) is 0 Å². The zero-order chi connectivity index (χ0) is 14.8. The third-order valence-corrected chi connectivity index (χ3v) is 4.88. The third kappa shape index (κ3) is 2.83. The topological polar surface area (TPSA) is 52.6 Å². The minimum absolute atomic E-state index is 0.00414. The van der Waals surface area contributed by atoms with Crippen LogP contribution in [0.2, 0.25) is 0 Å². The van der Waals surface area contributed by atoms with Gasteiger partial charge in [-0.1, -0.05) is 37.3 Å². The fraction of sp³-hybridized carbons (Fsp3) is 0.588. The van der Waals surface area contributed by atoms with Crippen molar-refractivity contribution in [1.82, 2.24) is 10.2 Å². The van der Waals surface area contributed by atoms with Crippen LogP contribution in [0.4, 0.5) is 0 Å². The number of aliphatic hydroxyl groups is 1. The van der Waals surface area contributed by atoms with Crippen LogP contribution >= 0.6 is 0 Å². The molecular formula is C17H24N2O2. The van der Waals surface area contributed by atoms with Crippen LogP contribution in [0.3, 0.4) is 0 Å². The number of hydrogen-bond donors (Lipinski definition) is 2. The summed E-state index contributed by atoms with van der Waals surface area (Å²) >= 11 is 0. The van der Waals surface area contributed by atoms with Crippen LogP contribution in [0.5, 0.6) is 0 Å². The number of carbonyl (C=O) groups is 1. The van der Waals surface area contributed by atoms with Gasteiger partial charge in [0.1, 0.15) is 0 Å². The summed E-state index contributed by atoms with van der Waals surface area (Å²) in [6.07, 6.45) is 2.89.